The molecule has 13 nitrogen and oxygen atoms in total. The Hall–Kier alpha value is -2.61. The molecule has 13 heteroatoms. The Labute approximate surface area is 211 Å². The minimum Gasteiger partial charge on any atom is -0.480 e. The van der Waals surface area contributed by atoms with Crippen LogP contribution in [0.4, 0.5) is 0 Å². The van der Waals surface area contributed by atoms with Gasteiger partial charge in [-0.2, -0.15) is 0 Å². The second kappa shape index (κ2) is 14.8. The van der Waals surface area contributed by atoms with Crippen molar-refractivity contribution in [1.82, 2.24) is 24.5 Å². The molecule has 1 amide bonds. The van der Waals surface area contributed by atoms with Gasteiger partial charge < -0.3 is 20.2 Å². The van der Waals surface area contributed by atoms with E-state index in [1.807, 2.05) is 4.90 Å². The Morgan fingerprint density at radius 1 is 0.556 bits per heavy atom. The first-order valence-electron chi connectivity index (χ1n) is 12.4. The highest BCUT2D eigenvalue weighted by molar-refractivity contribution is 5.80. The van der Waals surface area contributed by atoms with Gasteiger partial charge in [-0.05, 0) is 19.8 Å². The predicted octanol–water partition coefficient (Wildman–Crippen LogP) is -1.71. The van der Waals surface area contributed by atoms with Crippen LogP contribution in [0.15, 0.2) is 0 Å². The molecule has 2 saturated heterocycles. The van der Waals surface area contributed by atoms with Crippen LogP contribution in [0.1, 0.15) is 19.8 Å². The van der Waals surface area contributed by atoms with E-state index in [4.69, 9.17) is 0 Å². The third kappa shape index (κ3) is 11.0. The second-order valence-electron chi connectivity index (χ2n) is 9.55. The molecule has 204 valence electrons. The van der Waals surface area contributed by atoms with Gasteiger partial charge in [-0.1, -0.05) is 0 Å². The van der Waals surface area contributed by atoms with Gasteiger partial charge in [-0.3, -0.25) is 43.6 Å². The molecule has 0 aromatic rings. The van der Waals surface area contributed by atoms with E-state index in [9.17, 15) is 39.3 Å². The summed E-state index contributed by atoms with van der Waals surface area (Å²) in [7, 11) is 0. The Bertz CT molecular complexity index is 754. The van der Waals surface area contributed by atoms with Crippen molar-refractivity contribution in [1.29, 1.82) is 0 Å². The van der Waals surface area contributed by atoms with Gasteiger partial charge in [0, 0.05) is 71.4 Å². The topological polar surface area (TPSA) is 162 Å². The van der Waals surface area contributed by atoms with Crippen molar-refractivity contribution in [3.8, 4) is 0 Å². The number of rotatable bonds is 9. The smallest absolute Gasteiger partial charge is 0.317 e. The molecular formula is C23H39N5O8. The highest BCUT2D eigenvalue weighted by atomic mass is 16.4. The molecule has 0 aliphatic carbocycles. The summed E-state index contributed by atoms with van der Waals surface area (Å²) >= 11 is 0. The lowest BCUT2D eigenvalue weighted by Gasteiger charge is -2.35. The van der Waals surface area contributed by atoms with E-state index in [0.29, 0.717) is 78.3 Å². The molecule has 0 spiro atoms. The highest BCUT2D eigenvalue weighted by Gasteiger charge is 2.27. The maximum atomic E-state index is 13.0. The summed E-state index contributed by atoms with van der Waals surface area (Å²) in [6.07, 6.45) is 1.29. The minimum absolute atomic E-state index is 0.00876. The first-order valence-corrected chi connectivity index (χ1v) is 12.4. The van der Waals surface area contributed by atoms with Crippen LogP contribution in [-0.2, 0) is 24.0 Å². The first kappa shape index (κ1) is 29.6. The normalized spacial score (nSPS) is 20.9. The van der Waals surface area contributed by atoms with E-state index >= 15 is 0 Å². The summed E-state index contributed by atoms with van der Waals surface area (Å²) in [5.74, 6) is -2.92. The van der Waals surface area contributed by atoms with E-state index in [0.717, 1.165) is 0 Å². The fraction of sp³-hybridized carbons (Fsp3) is 0.783. The standard InChI is InChI=1S/C23H39N5O8/c1-18(29)19-2-4-28(5-3-19)20(30)14-24-6-8-25(15-21(31)32)10-12-27(17-23(35)36)13-11-26(9-7-24)16-22(33)34/h19H,2-17H2,1H3,(H,31,32)(H,33,34)(H,35,36). The van der Waals surface area contributed by atoms with Gasteiger partial charge in [0.15, 0.2) is 0 Å². The maximum Gasteiger partial charge on any atom is 0.317 e. The number of Topliss-reactive ketones (excluding diaryl/α,β-unsaturated/α-hetero) is 1. The molecule has 0 bridgehead atoms. The molecule has 0 aromatic heterocycles. The molecule has 0 saturated carbocycles. The third-order valence-corrected chi connectivity index (χ3v) is 6.79. The maximum absolute atomic E-state index is 13.0. The van der Waals surface area contributed by atoms with Crippen LogP contribution in [0.25, 0.3) is 0 Å². The quantitative estimate of drug-likeness (QED) is 0.320. The Morgan fingerprint density at radius 3 is 1.14 bits per heavy atom. The first-order chi connectivity index (χ1) is 17.0. The Balaban J connectivity index is 2.09. The SMILES string of the molecule is CC(=O)C1CCN(C(=O)CN2CCN(CC(=O)O)CCN(CC(=O)O)CCN(CC(=O)O)CC2)CC1. The number of carboxylic acid groups (broad SMARTS) is 3. The summed E-state index contributed by atoms with van der Waals surface area (Å²) in [4.78, 5) is 67.5. The van der Waals surface area contributed by atoms with Crippen molar-refractivity contribution in [3.05, 3.63) is 0 Å². The average molecular weight is 514 g/mol. The van der Waals surface area contributed by atoms with Crippen LogP contribution in [-0.4, -0.2) is 161 Å². The third-order valence-electron chi connectivity index (χ3n) is 6.79. The number of amides is 1. The number of aliphatic carboxylic acids is 3. The van der Waals surface area contributed by atoms with Crippen molar-refractivity contribution in [2.75, 3.05) is 91.6 Å². The van der Waals surface area contributed by atoms with Crippen molar-refractivity contribution in [2.45, 2.75) is 19.8 Å². The number of likely N-dealkylation sites (tertiary alicyclic amines) is 1. The van der Waals surface area contributed by atoms with Crippen LogP contribution in [0.5, 0.6) is 0 Å². The Kier molecular flexibility index (Phi) is 12.2. The van der Waals surface area contributed by atoms with Gasteiger partial charge in [0.05, 0.1) is 26.2 Å². The number of hydrogen-bond acceptors (Lipinski definition) is 9. The fourth-order valence-corrected chi connectivity index (χ4v) is 4.61. The number of ketones is 1. The number of nitrogens with zero attached hydrogens (tertiary/aromatic N) is 5. The molecular weight excluding hydrogens is 474 g/mol. The van der Waals surface area contributed by atoms with Gasteiger partial charge in [0.2, 0.25) is 5.91 Å². The highest BCUT2D eigenvalue weighted by Crippen LogP contribution is 2.18. The zero-order valence-corrected chi connectivity index (χ0v) is 21.0. The zero-order chi connectivity index (χ0) is 26.7. The Morgan fingerprint density at radius 2 is 0.861 bits per heavy atom. The molecule has 2 aliphatic rings. The van der Waals surface area contributed by atoms with Crippen LogP contribution >= 0.6 is 0 Å². The van der Waals surface area contributed by atoms with E-state index in [1.165, 1.54) is 0 Å². The van der Waals surface area contributed by atoms with Crippen LogP contribution in [0.2, 0.25) is 0 Å². The van der Waals surface area contributed by atoms with Gasteiger partial charge in [-0.15, -0.1) is 0 Å². The van der Waals surface area contributed by atoms with Crippen LogP contribution in [0.3, 0.4) is 0 Å². The lowest BCUT2D eigenvalue weighted by molar-refractivity contribution is -0.141. The summed E-state index contributed by atoms with van der Waals surface area (Å²) in [5, 5.41) is 27.9. The molecule has 2 heterocycles. The average Bonchev–Trinajstić information content (AvgIpc) is 2.79. The molecule has 0 atom stereocenters. The lowest BCUT2D eigenvalue weighted by atomic mass is 9.93. The number of hydrogen-bond donors (Lipinski definition) is 3. The molecule has 2 rings (SSSR count). The van der Waals surface area contributed by atoms with E-state index in [-0.39, 0.29) is 43.8 Å². The van der Waals surface area contributed by atoms with E-state index in [2.05, 4.69) is 0 Å². The number of carbonyl (C=O) groups excluding carboxylic acids is 2. The van der Waals surface area contributed by atoms with E-state index in [1.54, 1.807) is 26.5 Å². The lowest BCUT2D eigenvalue weighted by Crippen LogP contribution is -2.50. The summed E-state index contributed by atoms with van der Waals surface area (Å²) in [6.45, 7) is 4.97. The fourth-order valence-electron chi connectivity index (χ4n) is 4.61. The summed E-state index contributed by atoms with van der Waals surface area (Å²) in [5.41, 5.74) is 0. The van der Waals surface area contributed by atoms with Crippen molar-refractivity contribution in [3.63, 3.8) is 0 Å². The molecule has 2 fully saturated rings. The molecule has 0 unspecified atom stereocenters. The van der Waals surface area contributed by atoms with Crippen LogP contribution < -0.4 is 0 Å². The largest absolute Gasteiger partial charge is 0.480 e. The monoisotopic (exact) mass is 513 g/mol. The number of piperidine rings is 1. The van der Waals surface area contributed by atoms with Gasteiger partial charge in [-0.25, -0.2) is 0 Å². The van der Waals surface area contributed by atoms with Crippen molar-refractivity contribution < 1.29 is 39.3 Å². The summed E-state index contributed by atoms with van der Waals surface area (Å²) < 4.78 is 0. The molecule has 0 radical (unpaired) electrons. The van der Waals surface area contributed by atoms with Gasteiger partial charge >= 0.3 is 17.9 Å². The van der Waals surface area contributed by atoms with E-state index < -0.39 is 17.9 Å². The van der Waals surface area contributed by atoms with Gasteiger partial charge in [0.1, 0.15) is 5.78 Å². The van der Waals surface area contributed by atoms with Gasteiger partial charge in [0.25, 0.3) is 0 Å². The molecule has 0 aromatic carbocycles. The predicted molar refractivity (Wildman–Crippen MR) is 129 cm³/mol. The molecule has 2 aliphatic heterocycles. The second-order valence-corrected chi connectivity index (χ2v) is 9.55. The summed E-state index contributed by atoms with van der Waals surface area (Å²) in [6, 6.07) is 0. The number of carboxylic acids is 3. The van der Waals surface area contributed by atoms with Crippen LogP contribution in [0, 0.1) is 5.92 Å². The minimum atomic E-state index is -1.01. The zero-order valence-electron chi connectivity index (χ0n) is 21.0. The molecule has 3 N–H and O–H groups in total. The van der Waals surface area contributed by atoms with Crippen molar-refractivity contribution >= 4 is 29.6 Å². The number of carbonyl (C=O) groups is 5. The van der Waals surface area contributed by atoms with Crippen molar-refractivity contribution in [2.24, 2.45) is 5.92 Å². The molecule has 36 heavy (non-hydrogen) atoms.